The van der Waals surface area contributed by atoms with E-state index in [1.807, 2.05) is 61.6 Å². The van der Waals surface area contributed by atoms with E-state index < -0.39 is 11.2 Å². The van der Waals surface area contributed by atoms with Crippen LogP contribution in [0.1, 0.15) is 93.9 Å². The summed E-state index contributed by atoms with van der Waals surface area (Å²) in [4.78, 5) is 31.6. The lowest BCUT2D eigenvalue weighted by Crippen LogP contribution is -2.57. The molecular weight excluding hydrogens is 444 g/mol. The number of aliphatic imine (C=N–C) groups is 1. The first kappa shape index (κ1) is 27.3. The molecule has 0 aromatic heterocycles. The van der Waals surface area contributed by atoms with Crippen LogP contribution in [0.5, 0.6) is 0 Å². The largest absolute Gasteiger partial charge is 0.444 e. The predicted octanol–water partition coefficient (Wildman–Crippen LogP) is 5.16. The third-order valence-corrected chi connectivity index (χ3v) is 7.52. The number of ether oxygens (including phenoxy) is 2. The molecule has 0 saturated heterocycles. The summed E-state index contributed by atoms with van der Waals surface area (Å²) in [6, 6.07) is 0. The molecule has 3 fully saturated rings. The molecule has 2 bridgehead atoms. The summed E-state index contributed by atoms with van der Waals surface area (Å²) in [5.74, 6) is 0. The van der Waals surface area contributed by atoms with Crippen LogP contribution in [0.3, 0.4) is 0 Å². The third-order valence-electron chi connectivity index (χ3n) is 7.52. The maximum atomic E-state index is 12.7. The Morgan fingerprint density at radius 2 is 1.54 bits per heavy atom. The van der Waals surface area contributed by atoms with Crippen molar-refractivity contribution in [3.8, 4) is 0 Å². The average molecular weight is 491 g/mol. The van der Waals surface area contributed by atoms with E-state index >= 15 is 0 Å². The standard InChI is InChI=1S/C27H46N4O4/c1-23(2,3)34-21(32)30-27-12-9-26(10-13-27,11-14-27)17-29-15-19-16-31(18-25(7,8)20(19)28)22(33)35-24(4,5)6/h15H,9-14,16-18,28H2,1-8H3,(H,30,32). The number of nitrogens with two attached hydrogens (primary N) is 1. The normalized spacial score (nSPS) is 28.9. The smallest absolute Gasteiger partial charge is 0.410 e. The molecule has 0 radical (unpaired) electrons. The summed E-state index contributed by atoms with van der Waals surface area (Å²) in [5.41, 5.74) is 6.80. The SMILES string of the molecule is CC(C)(C)OC(=O)NC12CCC(CN=CC3=C(N)C(C)(C)CN(C(=O)OC(C)(C)C)C3)(CC1)CC2. The monoisotopic (exact) mass is 490 g/mol. The number of alkyl carbamates (subject to hydrolysis) is 1. The van der Waals surface area contributed by atoms with Crippen LogP contribution in [-0.2, 0) is 9.47 Å². The number of fused-ring (bicyclic) bond motifs is 3. The van der Waals surface area contributed by atoms with E-state index in [1.54, 1.807) is 4.90 Å². The molecule has 4 aliphatic rings. The van der Waals surface area contributed by atoms with Crippen molar-refractivity contribution in [2.75, 3.05) is 19.6 Å². The van der Waals surface area contributed by atoms with Crippen LogP contribution in [0.25, 0.3) is 0 Å². The molecule has 0 atom stereocenters. The number of carbonyl (C=O) groups excluding carboxylic acids is 2. The van der Waals surface area contributed by atoms with Gasteiger partial charge in [-0.25, -0.2) is 9.59 Å². The van der Waals surface area contributed by atoms with Gasteiger partial charge < -0.3 is 25.4 Å². The molecule has 0 spiro atoms. The maximum Gasteiger partial charge on any atom is 0.410 e. The number of amides is 2. The second kappa shape index (κ2) is 9.32. The molecule has 0 unspecified atom stereocenters. The highest BCUT2D eigenvalue weighted by Gasteiger charge is 2.49. The topological polar surface area (TPSA) is 106 Å². The second-order valence-electron chi connectivity index (χ2n) is 13.5. The lowest BCUT2D eigenvalue weighted by molar-refractivity contribution is 0.00826. The van der Waals surface area contributed by atoms with Gasteiger partial charge in [-0.3, -0.25) is 4.99 Å². The number of nitrogens with zero attached hydrogens (tertiary/aromatic N) is 2. The molecule has 198 valence electrons. The molecule has 1 aliphatic heterocycles. The fraction of sp³-hybridized carbons (Fsp3) is 0.815. The van der Waals surface area contributed by atoms with Crippen LogP contribution >= 0.6 is 0 Å². The summed E-state index contributed by atoms with van der Waals surface area (Å²) >= 11 is 0. The van der Waals surface area contributed by atoms with E-state index in [9.17, 15) is 9.59 Å². The van der Waals surface area contributed by atoms with Crippen molar-refractivity contribution in [2.24, 2.45) is 21.6 Å². The fourth-order valence-electron chi connectivity index (χ4n) is 5.47. The number of rotatable bonds is 4. The summed E-state index contributed by atoms with van der Waals surface area (Å²) in [6.45, 7) is 17.0. The predicted molar refractivity (Wildman–Crippen MR) is 138 cm³/mol. The van der Waals surface area contributed by atoms with E-state index in [-0.39, 0.29) is 28.6 Å². The Bertz CT molecular complexity index is 867. The molecule has 0 aromatic carbocycles. The zero-order valence-corrected chi connectivity index (χ0v) is 23.0. The number of hydrogen-bond acceptors (Lipinski definition) is 6. The third kappa shape index (κ3) is 6.91. The molecular formula is C27H46N4O4. The first-order chi connectivity index (χ1) is 15.9. The van der Waals surface area contributed by atoms with E-state index in [0.29, 0.717) is 13.1 Å². The number of nitrogens with one attached hydrogen (secondary N) is 1. The first-order valence-corrected chi connectivity index (χ1v) is 12.9. The van der Waals surface area contributed by atoms with Crippen LogP contribution in [0.4, 0.5) is 9.59 Å². The molecule has 3 saturated carbocycles. The van der Waals surface area contributed by atoms with Gasteiger partial charge in [0.2, 0.25) is 0 Å². The summed E-state index contributed by atoms with van der Waals surface area (Å²) in [7, 11) is 0. The Balaban J connectivity index is 1.61. The second-order valence-corrected chi connectivity index (χ2v) is 13.5. The number of carbonyl (C=O) groups is 2. The van der Waals surface area contributed by atoms with Gasteiger partial charge >= 0.3 is 12.2 Å². The van der Waals surface area contributed by atoms with Crippen molar-refractivity contribution in [1.29, 1.82) is 0 Å². The van der Waals surface area contributed by atoms with Gasteiger partial charge in [-0.05, 0) is 85.5 Å². The van der Waals surface area contributed by atoms with Gasteiger partial charge in [0.1, 0.15) is 11.2 Å². The van der Waals surface area contributed by atoms with Gasteiger partial charge in [-0.1, -0.05) is 13.8 Å². The Labute approximate surface area is 211 Å². The molecule has 35 heavy (non-hydrogen) atoms. The molecule has 4 rings (SSSR count). The van der Waals surface area contributed by atoms with Crippen LogP contribution in [0, 0.1) is 10.8 Å². The van der Waals surface area contributed by atoms with E-state index in [2.05, 4.69) is 5.32 Å². The van der Waals surface area contributed by atoms with Gasteiger partial charge in [0.15, 0.2) is 0 Å². The first-order valence-electron chi connectivity index (χ1n) is 12.9. The van der Waals surface area contributed by atoms with E-state index in [0.717, 1.165) is 56.3 Å². The van der Waals surface area contributed by atoms with Gasteiger partial charge in [0.05, 0.1) is 6.54 Å². The minimum Gasteiger partial charge on any atom is -0.444 e. The summed E-state index contributed by atoms with van der Waals surface area (Å²) < 4.78 is 11.1. The molecule has 2 amide bonds. The molecule has 0 aromatic rings. The van der Waals surface area contributed by atoms with Crippen LogP contribution in [-0.4, -0.2) is 59.7 Å². The van der Waals surface area contributed by atoms with E-state index in [4.69, 9.17) is 20.2 Å². The van der Waals surface area contributed by atoms with Gasteiger partial charge in [0.25, 0.3) is 0 Å². The van der Waals surface area contributed by atoms with Gasteiger partial charge in [-0.2, -0.15) is 0 Å². The Hall–Kier alpha value is -2.25. The molecule has 8 heteroatoms. The van der Waals surface area contributed by atoms with Crippen molar-refractivity contribution in [1.82, 2.24) is 10.2 Å². The van der Waals surface area contributed by atoms with Crippen molar-refractivity contribution < 1.29 is 19.1 Å². The van der Waals surface area contributed by atoms with Crippen molar-refractivity contribution in [2.45, 2.75) is 111 Å². The van der Waals surface area contributed by atoms with Crippen molar-refractivity contribution in [3.05, 3.63) is 11.3 Å². The van der Waals surface area contributed by atoms with Gasteiger partial charge in [0, 0.05) is 41.5 Å². The molecule has 3 N–H and O–H groups in total. The lowest BCUT2D eigenvalue weighted by atomic mass is 9.57. The van der Waals surface area contributed by atoms with Crippen LogP contribution in [0.2, 0.25) is 0 Å². The minimum atomic E-state index is -0.545. The van der Waals surface area contributed by atoms with Crippen LogP contribution < -0.4 is 11.1 Å². The molecule has 8 nitrogen and oxygen atoms in total. The maximum absolute atomic E-state index is 12.7. The average Bonchev–Trinajstić information content (AvgIpc) is 2.69. The van der Waals surface area contributed by atoms with Crippen molar-refractivity contribution >= 4 is 18.4 Å². The zero-order valence-electron chi connectivity index (χ0n) is 23.0. The quantitative estimate of drug-likeness (QED) is 0.529. The van der Waals surface area contributed by atoms with Crippen molar-refractivity contribution in [3.63, 3.8) is 0 Å². The highest BCUT2D eigenvalue weighted by Crippen LogP contribution is 2.52. The fourth-order valence-corrected chi connectivity index (χ4v) is 5.47. The van der Waals surface area contributed by atoms with E-state index in [1.165, 1.54) is 0 Å². The summed E-state index contributed by atoms with van der Waals surface area (Å²) in [5, 5.41) is 3.17. The zero-order chi connectivity index (χ0) is 26.3. The Morgan fingerprint density at radius 3 is 2.06 bits per heavy atom. The molecule has 3 aliphatic carbocycles. The van der Waals surface area contributed by atoms with Gasteiger partial charge in [-0.15, -0.1) is 0 Å². The number of hydrogen-bond donors (Lipinski definition) is 2. The Morgan fingerprint density at radius 1 is 1.00 bits per heavy atom. The summed E-state index contributed by atoms with van der Waals surface area (Å²) in [6.07, 6.45) is 7.18. The highest BCUT2D eigenvalue weighted by molar-refractivity contribution is 5.82. The van der Waals surface area contributed by atoms with Crippen LogP contribution in [0.15, 0.2) is 16.3 Å². The lowest BCUT2D eigenvalue weighted by Gasteiger charge is -2.53. The highest BCUT2D eigenvalue weighted by atomic mass is 16.6. The molecule has 1 heterocycles. The Kier molecular flexibility index (Phi) is 7.28. The minimum absolute atomic E-state index is 0.151.